The van der Waals surface area contributed by atoms with Crippen LogP contribution in [-0.2, 0) is 17.9 Å². The predicted molar refractivity (Wildman–Crippen MR) is 84.6 cm³/mol. The number of halogens is 1. The Hall–Kier alpha value is -0.930. The summed E-state index contributed by atoms with van der Waals surface area (Å²) in [6, 6.07) is 5.35. The smallest absolute Gasteiger partial charge is 0.128 e. The van der Waals surface area contributed by atoms with Gasteiger partial charge in [0.2, 0.25) is 0 Å². The van der Waals surface area contributed by atoms with E-state index >= 15 is 0 Å². The normalized spacial score (nSPS) is 16.6. The van der Waals surface area contributed by atoms with Crippen LogP contribution in [-0.4, -0.2) is 12.6 Å². The second-order valence-corrected chi connectivity index (χ2v) is 6.52. The third-order valence-corrected chi connectivity index (χ3v) is 4.02. The van der Waals surface area contributed by atoms with Crippen LogP contribution < -0.4 is 5.32 Å². The second-order valence-electron chi connectivity index (χ2n) is 6.52. The molecule has 118 valence electrons. The Kier molecular flexibility index (Phi) is 6.65. The first-order valence-corrected chi connectivity index (χ1v) is 8.25. The Morgan fingerprint density at radius 1 is 1.24 bits per heavy atom. The fourth-order valence-corrected chi connectivity index (χ4v) is 2.79. The van der Waals surface area contributed by atoms with Gasteiger partial charge in [-0.3, -0.25) is 0 Å². The summed E-state index contributed by atoms with van der Waals surface area (Å²) in [4.78, 5) is 0. The Bertz CT molecular complexity index is 427. The Balaban J connectivity index is 1.85. The molecule has 0 heterocycles. The molecule has 0 saturated heterocycles. The van der Waals surface area contributed by atoms with E-state index in [0.29, 0.717) is 24.2 Å². The predicted octanol–water partition coefficient (Wildman–Crippen LogP) is 4.42. The fourth-order valence-electron chi connectivity index (χ4n) is 2.79. The molecule has 21 heavy (non-hydrogen) atoms. The molecule has 1 saturated carbocycles. The van der Waals surface area contributed by atoms with Gasteiger partial charge in [-0.15, -0.1) is 0 Å². The van der Waals surface area contributed by atoms with Gasteiger partial charge in [-0.05, 0) is 43.0 Å². The lowest BCUT2D eigenvalue weighted by Crippen LogP contribution is -2.19. The molecule has 3 heteroatoms. The maximum atomic E-state index is 13.9. The number of ether oxygens (including phenoxy) is 1. The Labute approximate surface area is 128 Å². The van der Waals surface area contributed by atoms with Gasteiger partial charge in [0.15, 0.2) is 0 Å². The van der Waals surface area contributed by atoms with E-state index in [9.17, 15) is 4.39 Å². The average Bonchev–Trinajstić information content (AvgIpc) is 2.48. The third-order valence-electron chi connectivity index (χ3n) is 4.02. The first kappa shape index (κ1) is 16.4. The van der Waals surface area contributed by atoms with Gasteiger partial charge in [0.1, 0.15) is 5.82 Å². The molecule has 0 atom stereocenters. The van der Waals surface area contributed by atoms with Crippen molar-refractivity contribution in [3.8, 4) is 0 Å². The topological polar surface area (TPSA) is 21.3 Å². The van der Waals surface area contributed by atoms with Gasteiger partial charge in [-0.1, -0.05) is 39.2 Å². The summed E-state index contributed by atoms with van der Waals surface area (Å²) >= 11 is 0. The lowest BCUT2D eigenvalue weighted by atomic mass is 9.98. The van der Waals surface area contributed by atoms with Gasteiger partial charge < -0.3 is 10.1 Å². The van der Waals surface area contributed by atoms with Gasteiger partial charge in [-0.2, -0.15) is 0 Å². The van der Waals surface area contributed by atoms with Gasteiger partial charge in [0.25, 0.3) is 0 Å². The molecule has 0 spiro atoms. The van der Waals surface area contributed by atoms with E-state index in [-0.39, 0.29) is 5.82 Å². The first-order valence-electron chi connectivity index (χ1n) is 8.25. The largest absolute Gasteiger partial charge is 0.373 e. The maximum absolute atomic E-state index is 13.9. The minimum Gasteiger partial charge on any atom is -0.373 e. The molecule has 0 aromatic heterocycles. The lowest BCUT2D eigenvalue weighted by Gasteiger charge is -2.22. The van der Waals surface area contributed by atoms with Crippen molar-refractivity contribution in [2.45, 2.75) is 65.2 Å². The van der Waals surface area contributed by atoms with Crippen molar-refractivity contribution >= 4 is 0 Å². The highest BCUT2D eigenvalue weighted by atomic mass is 19.1. The SMILES string of the molecule is CC(C)CNCc1ccc(F)c(COC2CCCCC2)c1. The molecule has 1 aromatic rings. The summed E-state index contributed by atoms with van der Waals surface area (Å²) < 4.78 is 19.8. The molecule has 2 rings (SSSR count). The Morgan fingerprint density at radius 3 is 2.71 bits per heavy atom. The summed E-state index contributed by atoms with van der Waals surface area (Å²) in [5.41, 5.74) is 1.81. The summed E-state index contributed by atoms with van der Waals surface area (Å²) in [6.45, 7) is 6.52. The molecule has 0 radical (unpaired) electrons. The van der Waals surface area contributed by atoms with Gasteiger partial charge in [0, 0.05) is 12.1 Å². The van der Waals surface area contributed by atoms with Crippen molar-refractivity contribution in [3.63, 3.8) is 0 Å². The molecule has 1 aliphatic carbocycles. The highest BCUT2D eigenvalue weighted by molar-refractivity contribution is 5.24. The Morgan fingerprint density at radius 2 is 2.00 bits per heavy atom. The molecule has 1 fully saturated rings. The summed E-state index contributed by atoms with van der Waals surface area (Å²) in [5.74, 6) is 0.470. The van der Waals surface area contributed by atoms with Gasteiger partial charge >= 0.3 is 0 Å². The van der Waals surface area contributed by atoms with E-state index in [1.165, 1.54) is 19.3 Å². The van der Waals surface area contributed by atoms with E-state index in [1.54, 1.807) is 6.07 Å². The third kappa shape index (κ3) is 5.76. The molecule has 0 amide bonds. The second kappa shape index (κ2) is 8.50. The molecular weight excluding hydrogens is 265 g/mol. The van der Waals surface area contributed by atoms with E-state index in [4.69, 9.17) is 4.74 Å². The number of rotatable bonds is 7. The van der Waals surface area contributed by atoms with Crippen LogP contribution in [0.3, 0.4) is 0 Å². The number of nitrogens with one attached hydrogen (secondary N) is 1. The molecule has 0 bridgehead atoms. The lowest BCUT2D eigenvalue weighted by molar-refractivity contribution is 0.0156. The molecule has 2 nitrogen and oxygen atoms in total. The maximum Gasteiger partial charge on any atom is 0.128 e. The number of hydrogen-bond acceptors (Lipinski definition) is 2. The van der Waals surface area contributed by atoms with Crippen LogP contribution in [0.1, 0.15) is 57.1 Å². The highest BCUT2D eigenvalue weighted by Crippen LogP contribution is 2.22. The monoisotopic (exact) mass is 293 g/mol. The summed E-state index contributed by atoms with van der Waals surface area (Å²) in [5, 5.41) is 3.39. The van der Waals surface area contributed by atoms with E-state index < -0.39 is 0 Å². The number of hydrogen-bond donors (Lipinski definition) is 1. The summed E-state index contributed by atoms with van der Waals surface area (Å²) in [6.07, 6.45) is 6.36. The minimum absolute atomic E-state index is 0.154. The zero-order valence-corrected chi connectivity index (χ0v) is 13.3. The van der Waals surface area contributed by atoms with E-state index in [1.807, 2.05) is 12.1 Å². The van der Waals surface area contributed by atoms with Crippen molar-refractivity contribution in [1.29, 1.82) is 0 Å². The highest BCUT2D eigenvalue weighted by Gasteiger charge is 2.14. The van der Waals surface area contributed by atoms with Crippen molar-refractivity contribution in [3.05, 3.63) is 35.1 Å². The molecule has 1 aliphatic rings. The zero-order valence-electron chi connectivity index (χ0n) is 13.3. The molecule has 1 aromatic carbocycles. The zero-order chi connectivity index (χ0) is 15.1. The molecular formula is C18H28FNO. The van der Waals surface area contributed by atoms with Crippen molar-refractivity contribution in [1.82, 2.24) is 5.32 Å². The minimum atomic E-state index is -0.154. The standard InChI is InChI=1S/C18H28FNO/c1-14(2)11-20-12-15-8-9-18(19)16(10-15)13-21-17-6-4-3-5-7-17/h8-10,14,17,20H,3-7,11-13H2,1-2H3. The van der Waals surface area contributed by atoms with Gasteiger partial charge in [0.05, 0.1) is 12.7 Å². The van der Waals surface area contributed by atoms with Crippen LogP contribution >= 0.6 is 0 Å². The van der Waals surface area contributed by atoms with Crippen LogP contribution in [0.2, 0.25) is 0 Å². The van der Waals surface area contributed by atoms with Crippen molar-refractivity contribution in [2.24, 2.45) is 5.92 Å². The number of benzene rings is 1. The van der Waals surface area contributed by atoms with Crippen molar-refractivity contribution < 1.29 is 9.13 Å². The molecule has 1 N–H and O–H groups in total. The van der Waals surface area contributed by atoms with Crippen molar-refractivity contribution in [2.75, 3.05) is 6.54 Å². The average molecular weight is 293 g/mol. The van der Waals surface area contributed by atoms with Crippen LogP contribution in [0.15, 0.2) is 18.2 Å². The van der Waals surface area contributed by atoms with Crippen LogP contribution in [0, 0.1) is 11.7 Å². The first-order chi connectivity index (χ1) is 10.1. The van der Waals surface area contributed by atoms with Crippen LogP contribution in [0.5, 0.6) is 0 Å². The van der Waals surface area contributed by atoms with E-state index in [0.717, 1.165) is 31.5 Å². The molecule has 0 unspecified atom stereocenters. The molecule has 0 aliphatic heterocycles. The van der Waals surface area contributed by atoms with Crippen LogP contribution in [0.25, 0.3) is 0 Å². The quantitative estimate of drug-likeness (QED) is 0.803. The van der Waals surface area contributed by atoms with Gasteiger partial charge in [-0.25, -0.2) is 4.39 Å². The van der Waals surface area contributed by atoms with Crippen LogP contribution in [0.4, 0.5) is 4.39 Å². The van der Waals surface area contributed by atoms with E-state index in [2.05, 4.69) is 19.2 Å². The summed E-state index contributed by atoms with van der Waals surface area (Å²) in [7, 11) is 0. The fraction of sp³-hybridized carbons (Fsp3) is 0.667.